The molecule has 2 N–H and O–H groups in total. The van der Waals surface area contributed by atoms with E-state index in [9.17, 15) is 9.50 Å². The second kappa shape index (κ2) is 6.28. The lowest BCUT2D eigenvalue weighted by atomic mass is 9.93. The molecule has 0 saturated heterocycles. The first kappa shape index (κ1) is 15.2. The second-order valence-electron chi connectivity index (χ2n) is 6.37. The number of benzene rings is 1. The van der Waals surface area contributed by atoms with Gasteiger partial charge in [-0.2, -0.15) is 0 Å². The maximum atomic E-state index is 13.5. The molecule has 1 aliphatic carbocycles. The molecule has 1 saturated carbocycles. The van der Waals surface area contributed by atoms with Crippen LogP contribution in [0, 0.1) is 5.82 Å². The van der Waals surface area contributed by atoms with Crippen molar-refractivity contribution in [1.82, 2.24) is 9.97 Å². The molecule has 1 aliphatic heterocycles. The molecule has 24 heavy (non-hydrogen) atoms. The van der Waals surface area contributed by atoms with Gasteiger partial charge in [-0.05, 0) is 37.8 Å². The van der Waals surface area contributed by atoms with Crippen molar-refractivity contribution < 1.29 is 9.50 Å². The molecular weight excluding hydrogens is 307 g/mol. The maximum Gasteiger partial charge on any atom is 0.162 e. The summed E-state index contributed by atoms with van der Waals surface area (Å²) >= 11 is 0. The fourth-order valence-electron chi connectivity index (χ4n) is 3.27. The van der Waals surface area contributed by atoms with Crippen LogP contribution < -0.4 is 5.32 Å². The van der Waals surface area contributed by atoms with Crippen LogP contribution in [0.15, 0.2) is 29.3 Å². The SMILES string of the molecule is OC1CCC(Nc2nc(-c3cccc(F)c3)nc3c2N=CC3)CC1. The lowest BCUT2D eigenvalue weighted by Gasteiger charge is -2.27. The molecule has 1 aromatic heterocycles. The van der Waals surface area contributed by atoms with Gasteiger partial charge in [0.2, 0.25) is 0 Å². The Hall–Kier alpha value is -2.34. The highest BCUT2D eigenvalue weighted by Gasteiger charge is 2.23. The summed E-state index contributed by atoms with van der Waals surface area (Å²) < 4.78 is 13.5. The number of nitrogens with one attached hydrogen (secondary N) is 1. The third kappa shape index (κ3) is 3.01. The fourth-order valence-corrected chi connectivity index (χ4v) is 3.27. The summed E-state index contributed by atoms with van der Waals surface area (Å²) in [4.78, 5) is 13.5. The molecule has 2 aliphatic rings. The Morgan fingerprint density at radius 2 is 1.96 bits per heavy atom. The third-order valence-corrected chi connectivity index (χ3v) is 4.58. The van der Waals surface area contributed by atoms with E-state index in [4.69, 9.17) is 0 Å². The van der Waals surface area contributed by atoms with Crippen LogP contribution in [0.5, 0.6) is 0 Å². The Morgan fingerprint density at radius 1 is 1.12 bits per heavy atom. The number of anilines is 1. The van der Waals surface area contributed by atoms with Gasteiger partial charge in [-0.25, -0.2) is 14.4 Å². The predicted octanol–water partition coefficient (Wildman–Crippen LogP) is 3.26. The van der Waals surface area contributed by atoms with Crippen molar-refractivity contribution in [3.63, 3.8) is 0 Å². The highest BCUT2D eigenvalue weighted by Crippen LogP contribution is 2.34. The van der Waals surface area contributed by atoms with Crippen molar-refractivity contribution in [2.75, 3.05) is 5.32 Å². The molecule has 1 fully saturated rings. The minimum Gasteiger partial charge on any atom is -0.393 e. The number of fused-ring (bicyclic) bond motifs is 1. The number of aromatic nitrogens is 2. The van der Waals surface area contributed by atoms with Gasteiger partial charge >= 0.3 is 0 Å². The highest BCUT2D eigenvalue weighted by molar-refractivity contribution is 5.81. The van der Waals surface area contributed by atoms with Gasteiger partial charge in [-0.15, -0.1) is 0 Å². The molecule has 0 unspecified atom stereocenters. The van der Waals surface area contributed by atoms with Gasteiger partial charge in [0, 0.05) is 24.2 Å². The highest BCUT2D eigenvalue weighted by atomic mass is 19.1. The van der Waals surface area contributed by atoms with E-state index >= 15 is 0 Å². The molecule has 0 spiro atoms. The van der Waals surface area contributed by atoms with Crippen molar-refractivity contribution >= 4 is 17.7 Å². The number of nitrogens with zero attached hydrogens (tertiary/aromatic N) is 3. The van der Waals surface area contributed by atoms with Crippen LogP contribution in [0.1, 0.15) is 31.4 Å². The lowest BCUT2D eigenvalue weighted by molar-refractivity contribution is 0.126. The Labute approximate surface area is 139 Å². The van der Waals surface area contributed by atoms with E-state index in [1.54, 1.807) is 12.1 Å². The monoisotopic (exact) mass is 326 g/mol. The average molecular weight is 326 g/mol. The minimum absolute atomic E-state index is 0.194. The third-order valence-electron chi connectivity index (χ3n) is 4.58. The van der Waals surface area contributed by atoms with Crippen molar-refractivity contribution in [3.8, 4) is 11.4 Å². The zero-order chi connectivity index (χ0) is 16.5. The zero-order valence-electron chi connectivity index (χ0n) is 13.2. The summed E-state index contributed by atoms with van der Waals surface area (Å²) in [5.74, 6) is 0.912. The van der Waals surface area contributed by atoms with Crippen LogP contribution in [-0.4, -0.2) is 33.4 Å². The van der Waals surface area contributed by atoms with E-state index in [-0.39, 0.29) is 18.0 Å². The normalized spacial score (nSPS) is 22.4. The van der Waals surface area contributed by atoms with Gasteiger partial charge in [0.15, 0.2) is 11.6 Å². The summed E-state index contributed by atoms with van der Waals surface area (Å²) in [6.07, 6.45) is 5.69. The van der Waals surface area contributed by atoms with Crippen LogP contribution in [0.25, 0.3) is 11.4 Å². The standard InChI is InChI=1S/C18H19FN4O/c19-12-3-1-2-11(10-12)17-22-15-8-9-20-16(15)18(23-17)21-13-4-6-14(24)7-5-13/h1-3,9-10,13-14,24H,4-8H2,(H,21,22,23). The molecule has 4 rings (SSSR count). The fraction of sp³-hybridized carbons (Fsp3) is 0.389. The van der Waals surface area contributed by atoms with E-state index in [2.05, 4.69) is 20.3 Å². The Balaban J connectivity index is 1.66. The number of aliphatic hydroxyl groups excluding tert-OH is 1. The van der Waals surface area contributed by atoms with E-state index in [1.165, 1.54) is 12.1 Å². The molecule has 0 amide bonds. The molecule has 0 radical (unpaired) electrons. The molecule has 0 bridgehead atoms. The first-order valence-electron chi connectivity index (χ1n) is 8.33. The second-order valence-corrected chi connectivity index (χ2v) is 6.37. The quantitative estimate of drug-likeness (QED) is 0.908. The summed E-state index contributed by atoms with van der Waals surface area (Å²) in [6, 6.07) is 6.59. The van der Waals surface area contributed by atoms with E-state index in [0.717, 1.165) is 37.1 Å². The molecule has 2 heterocycles. The van der Waals surface area contributed by atoms with Gasteiger partial charge < -0.3 is 10.4 Å². The first-order chi connectivity index (χ1) is 11.7. The molecular formula is C18H19FN4O. The Kier molecular flexibility index (Phi) is 3.98. The van der Waals surface area contributed by atoms with Crippen molar-refractivity contribution in [3.05, 3.63) is 35.8 Å². The van der Waals surface area contributed by atoms with Gasteiger partial charge in [-0.3, -0.25) is 4.99 Å². The van der Waals surface area contributed by atoms with E-state index in [0.29, 0.717) is 23.6 Å². The number of rotatable bonds is 3. The van der Waals surface area contributed by atoms with Crippen LogP contribution in [-0.2, 0) is 6.42 Å². The molecule has 0 atom stereocenters. The van der Waals surface area contributed by atoms with Crippen molar-refractivity contribution in [2.45, 2.75) is 44.2 Å². The lowest BCUT2D eigenvalue weighted by Crippen LogP contribution is -2.28. The first-order valence-corrected chi connectivity index (χ1v) is 8.33. The van der Waals surface area contributed by atoms with Gasteiger partial charge in [0.1, 0.15) is 11.5 Å². The van der Waals surface area contributed by atoms with Crippen molar-refractivity contribution in [2.24, 2.45) is 4.99 Å². The Bertz CT molecular complexity index is 785. The molecule has 124 valence electrons. The summed E-state index contributed by atoms with van der Waals surface area (Å²) in [6.45, 7) is 0. The Morgan fingerprint density at radius 3 is 2.75 bits per heavy atom. The van der Waals surface area contributed by atoms with Crippen molar-refractivity contribution in [1.29, 1.82) is 0 Å². The number of aliphatic imine (C=N–C) groups is 1. The minimum atomic E-state index is -0.302. The van der Waals surface area contributed by atoms with E-state index in [1.807, 2.05) is 6.21 Å². The van der Waals surface area contributed by atoms with E-state index < -0.39 is 0 Å². The average Bonchev–Trinajstić information content (AvgIpc) is 3.06. The summed E-state index contributed by atoms with van der Waals surface area (Å²) in [7, 11) is 0. The predicted molar refractivity (Wildman–Crippen MR) is 91.2 cm³/mol. The zero-order valence-corrected chi connectivity index (χ0v) is 13.2. The topological polar surface area (TPSA) is 70.4 Å². The van der Waals surface area contributed by atoms with Gasteiger partial charge in [0.25, 0.3) is 0 Å². The van der Waals surface area contributed by atoms with Gasteiger partial charge in [0.05, 0.1) is 11.8 Å². The maximum absolute atomic E-state index is 13.5. The van der Waals surface area contributed by atoms with Crippen LogP contribution >= 0.6 is 0 Å². The molecule has 1 aromatic carbocycles. The largest absolute Gasteiger partial charge is 0.393 e. The van der Waals surface area contributed by atoms with Crippen LogP contribution in [0.3, 0.4) is 0 Å². The van der Waals surface area contributed by atoms with Crippen LogP contribution in [0.2, 0.25) is 0 Å². The molecule has 2 aromatic rings. The smallest absolute Gasteiger partial charge is 0.162 e. The number of halogens is 1. The summed E-state index contributed by atoms with van der Waals surface area (Å²) in [5.41, 5.74) is 2.30. The number of hydrogen-bond donors (Lipinski definition) is 2. The number of hydrogen-bond acceptors (Lipinski definition) is 5. The summed E-state index contributed by atoms with van der Waals surface area (Å²) in [5, 5.41) is 13.1. The molecule has 6 heteroatoms. The number of aliphatic hydroxyl groups is 1. The molecule has 5 nitrogen and oxygen atoms in total. The van der Waals surface area contributed by atoms with Crippen LogP contribution in [0.4, 0.5) is 15.9 Å². The van der Waals surface area contributed by atoms with Gasteiger partial charge in [-0.1, -0.05) is 12.1 Å².